The molecule has 0 saturated carbocycles. The third-order valence-corrected chi connectivity index (χ3v) is 10.6. The molecule has 224 valence electrons. The van der Waals surface area contributed by atoms with E-state index in [2.05, 4.69) is 71.0 Å². The number of likely N-dealkylation sites (tertiary alicyclic amines) is 1. The molecule has 0 spiro atoms. The quantitative estimate of drug-likeness (QED) is 0.309. The molecule has 3 aliphatic rings. The number of ether oxygens (including phenoxy) is 1. The second-order valence-corrected chi connectivity index (χ2v) is 13.6. The fraction of sp³-hybridized carbons (Fsp3) is 0.571. The van der Waals surface area contributed by atoms with Gasteiger partial charge in [-0.2, -0.15) is 0 Å². The van der Waals surface area contributed by atoms with Crippen molar-refractivity contribution < 1.29 is 14.3 Å². The number of aryl methyl sites for hydroxylation is 1. The summed E-state index contributed by atoms with van der Waals surface area (Å²) in [6, 6.07) is 21.3. The molecule has 1 aromatic heterocycles. The van der Waals surface area contributed by atoms with E-state index < -0.39 is 5.41 Å². The number of hydrogen-bond donors (Lipinski definition) is 0. The van der Waals surface area contributed by atoms with Crippen LogP contribution in [0.2, 0.25) is 0 Å². The summed E-state index contributed by atoms with van der Waals surface area (Å²) in [4.78, 5) is 35.1. The fourth-order valence-electron chi connectivity index (χ4n) is 8.34. The number of amides is 1. The number of hydrogen-bond acceptors (Lipinski definition) is 5. The minimum absolute atomic E-state index is 0.0528. The van der Waals surface area contributed by atoms with Crippen molar-refractivity contribution >= 4 is 22.9 Å². The molecule has 1 unspecified atom stereocenters. The number of carbonyl (C=O) groups is 2. The molecule has 7 heteroatoms. The molecule has 0 N–H and O–H groups in total. The lowest BCUT2D eigenvalue weighted by Gasteiger charge is -2.46. The first-order valence-electron chi connectivity index (χ1n) is 15.8. The molecule has 2 bridgehead atoms. The van der Waals surface area contributed by atoms with Gasteiger partial charge in [0.1, 0.15) is 5.82 Å². The smallest absolute Gasteiger partial charge is 0.306 e. The highest BCUT2D eigenvalue weighted by Crippen LogP contribution is 2.45. The van der Waals surface area contributed by atoms with Gasteiger partial charge in [-0.1, -0.05) is 56.3 Å². The average Bonchev–Trinajstić information content (AvgIpc) is 3.46. The van der Waals surface area contributed by atoms with Crippen LogP contribution in [0, 0.1) is 12.3 Å². The first-order chi connectivity index (χ1) is 20.2. The number of rotatable bonds is 8. The van der Waals surface area contributed by atoms with Crippen LogP contribution >= 0.6 is 0 Å². The third-order valence-electron chi connectivity index (χ3n) is 10.6. The molecule has 1 amide bonds. The summed E-state index contributed by atoms with van der Waals surface area (Å²) < 4.78 is 7.37. The van der Waals surface area contributed by atoms with Gasteiger partial charge in [-0.3, -0.25) is 14.5 Å². The van der Waals surface area contributed by atoms with Crippen LogP contribution in [0.15, 0.2) is 54.6 Å². The summed E-state index contributed by atoms with van der Waals surface area (Å²) in [5, 5.41) is 0. The minimum atomic E-state index is -0.762. The maximum atomic E-state index is 13.5. The Labute approximate surface area is 250 Å². The Kier molecular flexibility index (Phi) is 7.90. The third kappa shape index (κ3) is 5.36. The highest BCUT2D eigenvalue weighted by Gasteiger charge is 2.45. The summed E-state index contributed by atoms with van der Waals surface area (Å²) in [5.41, 5.74) is 3.06. The second-order valence-electron chi connectivity index (χ2n) is 13.6. The number of nitrogens with zero attached hydrogens (tertiary/aromatic N) is 4. The van der Waals surface area contributed by atoms with Crippen molar-refractivity contribution in [2.75, 3.05) is 26.7 Å². The van der Waals surface area contributed by atoms with E-state index in [0.29, 0.717) is 18.1 Å². The van der Waals surface area contributed by atoms with Crippen LogP contribution < -0.4 is 0 Å². The zero-order chi connectivity index (χ0) is 29.5. The number of fused-ring (bicyclic) bond motifs is 3. The molecule has 3 saturated heterocycles. The summed E-state index contributed by atoms with van der Waals surface area (Å²) >= 11 is 0. The van der Waals surface area contributed by atoms with Crippen molar-refractivity contribution in [1.29, 1.82) is 0 Å². The van der Waals surface area contributed by atoms with Gasteiger partial charge in [-0.15, -0.1) is 0 Å². The SMILES string of the molecule is COC(=O)CC(C)(C)C(=O)N1CCC(CCN2[C@@H]3CC[C@H]2CC(n2c(C)nc4ccccc42)C3)(c2ccccc2)CC1. The number of esters is 1. The number of benzene rings is 2. The fourth-order valence-corrected chi connectivity index (χ4v) is 8.34. The Morgan fingerprint density at radius 2 is 1.60 bits per heavy atom. The molecule has 3 aromatic rings. The van der Waals surface area contributed by atoms with E-state index in [1.54, 1.807) is 0 Å². The second kappa shape index (κ2) is 11.5. The number of para-hydroxylation sites is 2. The van der Waals surface area contributed by atoms with Gasteiger partial charge in [0, 0.05) is 31.2 Å². The molecule has 7 nitrogen and oxygen atoms in total. The lowest BCUT2D eigenvalue weighted by molar-refractivity contribution is -0.151. The van der Waals surface area contributed by atoms with Crippen molar-refractivity contribution in [2.45, 2.75) is 95.7 Å². The van der Waals surface area contributed by atoms with Gasteiger partial charge >= 0.3 is 5.97 Å². The van der Waals surface area contributed by atoms with Crippen molar-refractivity contribution in [3.63, 3.8) is 0 Å². The Morgan fingerprint density at radius 1 is 0.952 bits per heavy atom. The van der Waals surface area contributed by atoms with E-state index in [9.17, 15) is 9.59 Å². The van der Waals surface area contributed by atoms with Gasteiger partial charge in [-0.25, -0.2) is 4.98 Å². The largest absolute Gasteiger partial charge is 0.469 e. The Morgan fingerprint density at radius 3 is 2.26 bits per heavy atom. The molecule has 4 heterocycles. The first-order valence-corrected chi connectivity index (χ1v) is 15.8. The lowest BCUT2D eigenvalue weighted by atomic mass is 9.70. The minimum Gasteiger partial charge on any atom is -0.469 e. The summed E-state index contributed by atoms with van der Waals surface area (Å²) in [5.74, 6) is 0.851. The van der Waals surface area contributed by atoms with Crippen molar-refractivity contribution in [1.82, 2.24) is 19.4 Å². The van der Waals surface area contributed by atoms with Crippen LogP contribution in [0.4, 0.5) is 0 Å². The Balaban J connectivity index is 1.15. The maximum absolute atomic E-state index is 13.5. The standard InChI is InChI=1S/C35H46N4O3/c1-25-36-30-12-8-9-13-31(30)39(25)29-22-27-14-15-28(23-29)38(27)21-18-35(26-10-6-5-7-11-26)16-19-37(20-17-35)33(41)34(2,3)24-32(40)42-4/h5-13,27-29H,14-24H2,1-4H3/t27-,28+,29?. The van der Waals surface area contributed by atoms with E-state index in [1.807, 2.05) is 18.7 Å². The molecule has 6 rings (SSSR count). The van der Waals surface area contributed by atoms with Crippen molar-refractivity contribution in [2.24, 2.45) is 5.41 Å². The summed E-state index contributed by atoms with van der Waals surface area (Å²) in [6.45, 7) is 8.42. The highest BCUT2D eigenvalue weighted by molar-refractivity contribution is 5.86. The Bertz CT molecular complexity index is 1410. The van der Waals surface area contributed by atoms with Crippen molar-refractivity contribution in [3.05, 3.63) is 66.0 Å². The molecule has 2 aromatic carbocycles. The maximum Gasteiger partial charge on any atom is 0.306 e. The van der Waals surface area contributed by atoms with Crippen LogP contribution in [-0.2, 0) is 19.7 Å². The van der Waals surface area contributed by atoms with E-state index in [-0.39, 0.29) is 23.7 Å². The molecule has 0 radical (unpaired) electrons. The van der Waals surface area contributed by atoms with Gasteiger partial charge in [0.05, 0.1) is 30.0 Å². The summed E-state index contributed by atoms with van der Waals surface area (Å²) in [7, 11) is 1.38. The first kappa shape index (κ1) is 28.9. The molecular weight excluding hydrogens is 524 g/mol. The molecule has 3 aliphatic heterocycles. The number of aromatic nitrogens is 2. The van der Waals surface area contributed by atoms with E-state index in [4.69, 9.17) is 9.72 Å². The van der Waals surface area contributed by atoms with Crippen LogP contribution in [-0.4, -0.2) is 70.1 Å². The van der Waals surface area contributed by atoms with Crippen LogP contribution in [0.1, 0.15) is 82.6 Å². The predicted octanol–water partition coefficient (Wildman–Crippen LogP) is 6.05. The topological polar surface area (TPSA) is 67.7 Å². The van der Waals surface area contributed by atoms with Gasteiger partial charge in [-0.05, 0) is 81.5 Å². The van der Waals surface area contributed by atoms with E-state index in [1.165, 1.54) is 43.9 Å². The number of carbonyl (C=O) groups excluding carboxylic acids is 2. The summed E-state index contributed by atoms with van der Waals surface area (Å²) in [6.07, 6.45) is 8.05. The van der Waals surface area contributed by atoms with E-state index in [0.717, 1.165) is 50.2 Å². The monoisotopic (exact) mass is 570 g/mol. The molecule has 42 heavy (non-hydrogen) atoms. The van der Waals surface area contributed by atoms with Crippen LogP contribution in [0.5, 0.6) is 0 Å². The number of piperidine rings is 2. The van der Waals surface area contributed by atoms with Crippen molar-refractivity contribution in [3.8, 4) is 0 Å². The van der Waals surface area contributed by atoms with Crippen LogP contribution in [0.3, 0.4) is 0 Å². The molecule has 3 atom stereocenters. The predicted molar refractivity (Wildman–Crippen MR) is 165 cm³/mol. The lowest BCUT2D eigenvalue weighted by Crippen LogP contribution is -2.51. The normalized spacial score (nSPS) is 24.2. The average molecular weight is 571 g/mol. The Hall–Kier alpha value is -3.19. The molecular formula is C35H46N4O3. The van der Waals surface area contributed by atoms with Gasteiger partial charge in [0.2, 0.25) is 5.91 Å². The zero-order valence-corrected chi connectivity index (χ0v) is 25.7. The highest BCUT2D eigenvalue weighted by atomic mass is 16.5. The van der Waals surface area contributed by atoms with Crippen LogP contribution in [0.25, 0.3) is 11.0 Å². The molecule has 3 fully saturated rings. The zero-order valence-electron chi connectivity index (χ0n) is 25.7. The van der Waals surface area contributed by atoms with Gasteiger partial charge in [0.15, 0.2) is 0 Å². The van der Waals surface area contributed by atoms with Gasteiger partial charge in [0.25, 0.3) is 0 Å². The number of imidazole rings is 1. The van der Waals surface area contributed by atoms with Gasteiger partial charge < -0.3 is 14.2 Å². The molecule has 0 aliphatic carbocycles. The van der Waals surface area contributed by atoms with E-state index >= 15 is 0 Å². The number of methoxy groups -OCH3 is 1.